The predicted octanol–water partition coefficient (Wildman–Crippen LogP) is 5.84. The fourth-order valence-corrected chi connectivity index (χ4v) is 10.7. The number of anilines is 2. The van der Waals surface area contributed by atoms with E-state index in [9.17, 15) is 39.9 Å². The van der Waals surface area contributed by atoms with Crippen LogP contribution in [0.1, 0.15) is 62.5 Å². The number of aliphatic hydroxyl groups is 3. The molecule has 302 valence electrons. The average molecular weight is 822 g/mol. The number of aromatic hydroxyl groups is 1. The van der Waals surface area contributed by atoms with Gasteiger partial charge in [0.1, 0.15) is 17.6 Å². The maximum absolute atomic E-state index is 14.6. The van der Waals surface area contributed by atoms with Crippen molar-refractivity contribution in [1.29, 1.82) is 0 Å². The zero-order valence-electron chi connectivity index (χ0n) is 31.6. The lowest BCUT2D eigenvalue weighted by molar-refractivity contribution is -0.261. The van der Waals surface area contributed by atoms with Crippen LogP contribution in [0.15, 0.2) is 60.7 Å². The Bertz CT molecular complexity index is 2260. The van der Waals surface area contributed by atoms with Crippen molar-refractivity contribution in [3.63, 3.8) is 0 Å². The highest BCUT2D eigenvalue weighted by Crippen LogP contribution is 2.61. The molecule has 57 heavy (non-hydrogen) atoms. The molecule has 7 atom stereocenters. The van der Waals surface area contributed by atoms with E-state index in [1.807, 2.05) is 50.2 Å². The number of nitrogens with zero attached hydrogens (tertiary/aromatic N) is 2. The van der Waals surface area contributed by atoms with E-state index in [0.29, 0.717) is 60.4 Å². The summed E-state index contributed by atoms with van der Waals surface area (Å²) in [4.78, 5) is 44.4. The molecule has 0 aromatic heterocycles. The fourth-order valence-electron chi connectivity index (χ4n) is 10.2. The summed E-state index contributed by atoms with van der Waals surface area (Å²) in [6.45, 7) is 4.04. The molecule has 14 heteroatoms. The number of aliphatic hydroxyl groups excluding tert-OH is 3. The topological polar surface area (TPSA) is 177 Å². The van der Waals surface area contributed by atoms with Crippen molar-refractivity contribution < 1.29 is 49.4 Å². The van der Waals surface area contributed by atoms with Crippen molar-refractivity contribution in [3.05, 3.63) is 71.8 Å². The van der Waals surface area contributed by atoms with Crippen LogP contribution < -0.4 is 14.5 Å². The van der Waals surface area contributed by atoms with E-state index in [0.717, 1.165) is 21.9 Å². The van der Waals surface area contributed by atoms with E-state index in [4.69, 9.17) is 32.7 Å². The van der Waals surface area contributed by atoms with Gasteiger partial charge in [0.2, 0.25) is 18.1 Å². The van der Waals surface area contributed by atoms with Gasteiger partial charge < -0.3 is 44.8 Å². The van der Waals surface area contributed by atoms with E-state index in [1.165, 1.54) is 0 Å². The number of phenolic OH excluding ortho intramolecular Hbond substituents is 1. The van der Waals surface area contributed by atoms with Gasteiger partial charge >= 0.3 is 5.97 Å². The third kappa shape index (κ3) is 6.40. The van der Waals surface area contributed by atoms with Gasteiger partial charge in [-0.25, -0.2) is 4.79 Å². The minimum Gasteiger partial charge on any atom is -0.507 e. The number of rotatable bonds is 10. The number of fused-ring (bicyclic) bond motifs is 6. The first kappa shape index (κ1) is 39.6. The highest BCUT2D eigenvalue weighted by molar-refractivity contribution is 6.19. The summed E-state index contributed by atoms with van der Waals surface area (Å²) in [5.41, 5.74) is 1.86. The van der Waals surface area contributed by atoms with Crippen LogP contribution in [0.2, 0.25) is 0 Å². The standard InChI is InChI=1S/C43H46Cl2N2O10/c1-3-43(41(55)47-18-23(16-45)34-26-10-6-4-8-24(26)31(49)12-29(34)47)20-42(2,21-43)14-33(50)46-17-22(15-44)35-27-11-7-5-9-25(27)32(13-30(35)46)56-40-37(52)28(19-48)36(51)38(57-40)39(53)54/h4-13,22-23,28,36-38,40,48-49,51-52H,3,14-21H2,1-2H3,(H,53,54)/t22-,23-,28+,36?,37?,38+,40-,42?,43?/m1/s1. The number of hydrogen-bond acceptors (Lipinski definition) is 9. The number of amides is 2. The summed E-state index contributed by atoms with van der Waals surface area (Å²) in [6.07, 6.45) is -4.84. The van der Waals surface area contributed by atoms with E-state index < -0.39 is 53.9 Å². The molecule has 0 spiro atoms. The molecule has 8 rings (SSSR count). The van der Waals surface area contributed by atoms with E-state index in [1.54, 1.807) is 34.1 Å². The fraction of sp³-hybridized carbons (Fsp3) is 0.465. The average Bonchev–Trinajstić information content (AvgIpc) is 3.76. The molecule has 2 amide bonds. The van der Waals surface area contributed by atoms with Crippen LogP contribution in [0, 0.1) is 16.7 Å². The van der Waals surface area contributed by atoms with Gasteiger partial charge in [-0.2, -0.15) is 0 Å². The number of hydrogen-bond donors (Lipinski definition) is 5. The molecule has 12 nitrogen and oxygen atoms in total. The molecule has 5 N–H and O–H groups in total. The smallest absolute Gasteiger partial charge is 0.335 e. The molecule has 0 radical (unpaired) electrons. The van der Waals surface area contributed by atoms with Gasteiger partial charge in [-0.3, -0.25) is 9.59 Å². The number of carbonyl (C=O) groups excluding carboxylic acids is 2. The molecule has 1 saturated heterocycles. The number of ether oxygens (including phenoxy) is 2. The number of carbonyl (C=O) groups is 3. The van der Waals surface area contributed by atoms with E-state index in [-0.39, 0.29) is 47.5 Å². The third-order valence-electron chi connectivity index (χ3n) is 12.9. The minimum atomic E-state index is -1.76. The number of halogens is 2. The molecular weight excluding hydrogens is 775 g/mol. The number of aliphatic carboxylic acids is 1. The van der Waals surface area contributed by atoms with Gasteiger partial charge in [0.15, 0.2) is 6.10 Å². The number of alkyl halides is 2. The molecular formula is C43H46Cl2N2O10. The summed E-state index contributed by atoms with van der Waals surface area (Å²) in [5.74, 6) is -2.34. The van der Waals surface area contributed by atoms with Crippen LogP contribution in [-0.2, 0) is 19.1 Å². The quantitative estimate of drug-likeness (QED) is 0.122. The summed E-state index contributed by atoms with van der Waals surface area (Å²) in [5, 5.41) is 55.1. The molecule has 3 heterocycles. The minimum absolute atomic E-state index is 0.0336. The van der Waals surface area contributed by atoms with Gasteiger partial charge in [0, 0.05) is 71.9 Å². The highest BCUT2D eigenvalue weighted by Gasteiger charge is 2.58. The first-order valence-electron chi connectivity index (χ1n) is 19.3. The lowest BCUT2D eigenvalue weighted by Gasteiger charge is -2.54. The lowest BCUT2D eigenvalue weighted by atomic mass is 9.50. The van der Waals surface area contributed by atoms with Gasteiger partial charge in [-0.05, 0) is 46.6 Å². The summed E-state index contributed by atoms with van der Waals surface area (Å²) >= 11 is 13.0. The van der Waals surface area contributed by atoms with Crippen molar-refractivity contribution in [3.8, 4) is 11.5 Å². The largest absolute Gasteiger partial charge is 0.507 e. The number of benzene rings is 4. The predicted molar refractivity (Wildman–Crippen MR) is 215 cm³/mol. The Hall–Kier alpha value is -4.17. The maximum atomic E-state index is 14.6. The van der Waals surface area contributed by atoms with Gasteiger partial charge in [-0.15, -0.1) is 23.2 Å². The molecule has 4 aromatic carbocycles. The van der Waals surface area contributed by atoms with Crippen molar-refractivity contribution in [1.82, 2.24) is 0 Å². The molecule has 1 aliphatic carbocycles. The Balaban J connectivity index is 1.06. The van der Waals surface area contributed by atoms with Gasteiger partial charge in [-0.1, -0.05) is 62.4 Å². The van der Waals surface area contributed by atoms with Gasteiger partial charge in [0.05, 0.1) is 29.5 Å². The second kappa shape index (κ2) is 14.9. The Kier molecular flexibility index (Phi) is 10.4. The Morgan fingerprint density at radius 2 is 1.42 bits per heavy atom. The number of carboxylic acid groups (broad SMARTS) is 1. The summed E-state index contributed by atoms with van der Waals surface area (Å²) in [6, 6.07) is 18.3. The Morgan fingerprint density at radius 3 is 2.00 bits per heavy atom. The molecule has 2 unspecified atom stereocenters. The van der Waals surface area contributed by atoms with Gasteiger partial charge in [0.25, 0.3) is 0 Å². The van der Waals surface area contributed by atoms with Crippen molar-refractivity contribution >= 4 is 73.9 Å². The SMILES string of the molecule is CCC1(C(=O)N2C[C@@H](CCl)c3c2cc(O)c2ccccc32)CC(C)(CC(=O)N2C[C@@H](CCl)c3c2cc(O[C@@H]2O[C@H](C(=O)O)C(O)[C@H](CO)C2O)c2ccccc32)C1. The van der Waals surface area contributed by atoms with E-state index in [2.05, 4.69) is 0 Å². The van der Waals surface area contributed by atoms with Crippen molar-refractivity contribution in [2.75, 3.05) is 41.3 Å². The lowest BCUT2D eigenvalue weighted by Crippen LogP contribution is -2.59. The molecule has 4 aromatic rings. The maximum Gasteiger partial charge on any atom is 0.335 e. The van der Waals surface area contributed by atoms with E-state index >= 15 is 0 Å². The van der Waals surface area contributed by atoms with Crippen LogP contribution >= 0.6 is 23.2 Å². The van der Waals surface area contributed by atoms with Crippen LogP contribution in [-0.4, -0.2) is 99.4 Å². The Morgan fingerprint density at radius 1 is 0.860 bits per heavy atom. The normalized spacial score (nSPS) is 30.6. The monoisotopic (exact) mass is 820 g/mol. The second-order valence-corrected chi connectivity index (χ2v) is 17.2. The van der Waals surface area contributed by atoms with Crippen molar-refractivity contribution in [2.45, 2.75) is 76.0 Å². The third-order valence-corrected chi connectivity index (χ3v) is 13.6. The molecule has 2 fully saturated rings. The molecule has 4 aliphatic rings. The summed E-state index contributed by atoms with van der Waals surface area (Å²) < 4.78 is 11.7. The second-order valence-electron chi connectivity index (χ2n) is 16.5. The van der Waals surface area contributed by atoms with Crippen LogP contribution in [0.5, 0.6) is 11.5 Å². The molecule has 3 aliphatic heterocycles. The Labute approximate surface area is 339 Å². The van der Waals surface area contributed by atoms with Crippen LogP contribution in [0.4, 0.5) is 11.4 Å². The summed E-state index contributed by atoms with van der Waals surface area (Å²) in [7, 11) is 0. The van der Waals surface area contributed by atoms with Crippen molar-refractivity contribution in [2.24, 2.45) is 16.7 Å². The molecule has 0 bridgehead atoms. The number of phenols is 1. The van der Waals surface area contributed by atoms with Crippen LogP contribution in [0.25, 0.3) is 21.5 Å². The molecule has 1 saturated carbocycles. The number of carboxylic acids is 1. The zero-order chi connectivity index (χ0) is 40.6. The van der Waals surface area contributed by atoms with Crippen LogP contribution in [0.3, 0.4) is 0 Å². The highest BCUT2D eigenvalue weighted by atomic mass is 35.5. The first-order valence-corrected chi connectivity index (χ1v) is 20.4. The zero-order valence-corrected chi connectivity index (χ0v) is 33.1. The first-order chi connectivity index (χ1) is 27.3.